The van der Waals surface area contributed by atoms with Crippen LogP contribution in [0.25, 0.3) is 0 Å². The Morgan fingerprint density at radius 3 is 2.70 bits per heavy atom. The molecule has 1 rings (SSSR count). The van der Waals surface area contributed by atoms with Crippen molar-refractivity contribution in [1.29, 1.82) is 0 Å². The lowest BCUT2D eigenvalue weighted by atomic mass is 10.2. The van der Waals surface area contributed by atoms with Crippen molar-refractivity contribution >= 4 is 5.97 Å². The van der Waals surface area contributed by atoms with Gasteiger partial charge >= 0.3 is 5.97 Å². The quantitative estimate of drug-likeness (QED) is 0.605. The maximum absolute atomic E-state index is 10.3. The van der Waals surface area contributed by atoms with Gasteiger partial charge in [0, 0.05) is 13.5 Å². The Labute approximate surface area is 58.7 Å². The summed E-state index contributed by atoms with van der Waals surface area (Å²) in [5.74, 6) is -0.903. The fourth-order valence-electron chi connectivity index (χ4n) is 0.962. The Balaban J connectivity index is 2.35. The van der Waals surface area contributed by atoms with Crippen LogP contribution in [0.15, 0.2) is 0 Å². The molecule has 1 N–H and O–H groups in total. The predicted molar refractivity (Wildman–Crippen MR) is 32.5 cm³/mol. The van der Waals surface area contributed by atoms with E-state index in [2.05, 4.69) is 0 Å². The van der Waals surface area contributed by atoms with Crippen LogP contribution in [0.4, 0.5) is 0 Å². The lowest BCUT2D eigenvalue weighted by molar-refractivity contribution is -0.163. The van der Waals surface area contributed by atoms with Gasteiger partial charge in [0.05, 0.1) is 0 Å². The number of carboxylic acid groups (broad SMARTS) is 1. The number of aliphatic carboxylic acids is 1. The molecule has 2 atom stereocenters. The van der Waals surface area contributed by atoms with Crippen LogP contribution in [0, 0.1) is 0 Å². The van der Waals surface area contributed by atoms with Crippen molar-refractivity contribution in [3.63, 3.8) is 0 Å². The van der Waals surface area contributed by atoms with Gasteiger partial charge in [-0.15, -0.1) is 0 Å². The van der Waals surface area contributed by atoms with Crippen LogP contribution in [-0.2, 0) is 14.3 Å². The summed E-state index contributed by atoms with van der Waals surface area (Å²) < 4.78 is 9.76. The molecule has 1 aliphatic heterocycles. The molecule has 4 heteroatoms. The highest BCUT2D eigenvalue weighted by Crippen LogP contribution is 2.19. The fraction of sp³-hybridized carbons (Fsp3) is 0.833. The molecule has 1 fully saturated rings. The second-order valence-electron chi connectivity index (χ2n) is 2.21. The highest BCUT2D eigenvalue weighted by molar-refractivity contribution is 5.72. The number of hydrogen-bond donors (Lipinski definition) is 1. The summed E-state index contributed by atoms with van der Waals surface area (Å²) in [6.07, 6.45) is 0.243. The molecule has 0 bridgehead atoms. The lowest BCUT2D eigenvalue weighted by Crippen LogP contribution is -2.20. The van der Waals surface area contributed by atoms with Gasteiger partial charge < -0.3 is 14.6 Å². The van der Waals surface area contributed by atoms with Crippen LogP contribution in [0.1, 0.15) is 12.8 Å². The average Bonchev–Trinajstić information content (AvgIpc) is 2.34. The van der Waals surface area contributed by atoms with Crippen molar-refractivity contribution in [2.24, 2.45) is 0 Å². The fourth-order valence-corrected chi connectivity index (χ4v) is 0.962. The summed E-state index contributed by atoms with van der Waals surface area (Å²) in [7, 11) is 1.51. The third kappa shape index (κ3) is 1.46. The van der Waals surface area contributed by atoms with Crippen LogP contribution in [-0.4, -0.2) is 30.6 Å². The first-order valence-electron chi connectivity index (χ1n) is 3.15. The van der Waals surface area contributed by atoms with E-state index in [4.69, 9.17) is 14.6 Å². The van der Waals surface area contributed by atoms with Crippen LogP contribution >= 0.6 is 0 Å². The summed E-state index contributed by atoms with van der Waals surface area (Å²) in [6, 6.07) is 0. The lowest BCUT2D eigenvalue weighted by Gasteiger charge is -2.07. The van der Waals surface area contributed by atoms with Crippen molar-refractivity contribution in [3.05, 3.63) is 0 Å². The second kappa shape index (κ2) is 2.98. The highest BCUT2D eigenvalue weighted by Gasteiger charge is 2.29. The van der Waals surface area contributed by atoms with Crippen LogP contribution < -0.4 is 0 Å². The summed E-state index contributed by atoms with van der Waals surface area (Å²) in [5, 5.41) is 8.45. The Kier molecular flexibility index (Phi) is 2.24. The molecule has 0 aromatic rings. The zero-order valence-electron chi connectivity index (χ0n) is 5.74. The molecule has 1 saturated heterocycles. The molecule has 58 valence electrons. The monoisotopic (exact) mass is 146 g/mol. The highest BCUT2D eigenvalue weighted by atomic mass is 16.7. The van der Waals surface area contributed by atoms with Gasteiger partial charge in [-0.25, -0.2) is 4.79 Å². The van der Waals surface area contributed by atoms with Gasteiger partial charge in [0.2, 0.25) is 0 Å². The first-order valence-corrected chi connectivity index (χ1v) is 3.15. The maximum Gasteiger partial charge on any atom is 0.332 e. The van der Waals surface area contributed by atoms with E-state index in [0.29, 0.717) is 12.8 Å². The van der Waals surface area contributed by atoms with Crippen LogP contribution in [0.2, 0.25) is 0 Å². The van der Waals surface area contributed by atoms with E-state index in [9.17, 15) is 4.79 Å². The number of rotatable bonds is 2. The second-order valence-corrected chi connectivity index (χ2v) is 2.21. The third-order valence-corrected chi connectivity index (χ3v) is 1.52. The standard InChI is InChI=1S/C6H10O4/c1-9-5-3-2-4(10-5)6(7)8/h4-5H,2-3H2,1H3,(H,7,8). The van der Waals surface area contributed by atoms with E-state index >= 15 is 0 Å². The first kappa shape index (κ1) is 7.50. The van der Waals surface area contributed by atoms with Gasteiger partial charge in [-0.2, -0.15) is 0 Å². The Morgan fingerprint density at radius 2 is 2.40 bits per heavy atom. The molecule has 1 heterocycles. The van der Waals surface area contributed by atoms with E-state index in [-0.39, 0.29) is 6.29 Å². The molecule has 0 saturated carbocycles. The molecule has 1 aliphatic rings. The normalized spacial score (nSPS) is 32.5. The molecule has 10 heavy (non-hydrogen) atoms. The Bertz CT molecular complexity index is 134. The minimum atomic E-state index is -0.903. The average molecular weight is 146 g/mol. The minimum absolute atomic E-state index is 0.318. The predicted octanol–water partition coefficient (Wildman–Crippen LogP) is 0.222. The number of carbonyl (C=O) groups is 1. The molecular formula is C6H10O4. The smallest absolute Gasteiger partial charge is 0.332 e. The van der Waals surface area contributed by atoms with Crippen molar-refractivity contribution < 1.29 is 19.4 Å². The van der Waals surface area contributed by atoms with Crippen molar-refractivity contribution in [1.82, 2.24) is 0 Å². The molecule has 0 amide bonds. The van der Waals surface area contributed by atoms with Gasteiger partial charge in [-0.1, -0.05) is 0 Å². The number of hydrogen-bond acceptors (Lipinski definition) is 3. The summed E-state index contributed by atoms with van der Waals surface area (Å²) >= 11 is 0. The topological polar surface area (TPSA) is 55.8 Å². The first-order chi connectivity index (χ1) is 4.74. The van der Waals surface area contributed by atoms with E-state index in [1.54, 1.807) is 0 Å². The zero-order chi connectivity index (χ0) is 7.56. The molecule has 0 aromatic heterocycles. The van der Waals surface area contributed by atoms with E-state index in [1.807, 2.05) is 0 Å². The Morgan fingerprint density at radius 1 is 1.70 bits per heavy atom. The number of methoxy groups -OCH3 is 1. The molecule has 0 radical (unpaired) electrons. The maximum atomic E-state index is 10.3. The molecule has 0 aromatic carbocycles. The number of carboxylic acids is 1. The SMILES string of the molecule is COC1CCC(C(=O)O)O1. The minimum Gasteiger partial charge on any atom is -0.479 e. The largest absolute Gasteiger partial charge is 0.479 e. The Hall–Kier alpha value is -0.610. The van der Waals surface area contributed by atoms with Gasteiger partial charge in [-0.3, -0.25) is 0 Å². The summed E-state index contributed by atoms with van der Waals surface area (Å²) in [6.45, 7) is 0. The molecule has 4 nitrogen and oxygen atoms in total. The van der Waals surface area contributed by atoms with Crippen molar-refractivity contribution in [2.45, 2.75) is 25.2 Å². The van der Waals surface area contributed by atoms with E-state index in [0.717, 1.165) is 0 Å². The van der Waals surface area contributed by atoms with E-state index < -0.39 is 12.1 Å². The van der Waals surface area contributed by atoms with Crippen LogP contribution in [0.3, 0.4) is 0 Å². The van der Waals surface area contributed by atoms with Crippen LogP contribution in [0.5, 0.6) is 0 Å². The van der Waals surface area contributed by atoms with Gasteiger partial charge in [0.25, 0.3) is 0 Å². The molecule has 0 spiro atoms. The molecular weight excluding hydrogens is 136 g/mol. The van der Waals surface area contributed by atoms with Gasteiger partial charge in [0.1, 0.15) is 0 Å². The third-order valence-electron chi connectivity index (χ3n) is 1.52. The summed E-state index contributed by atoms with van der Waals surface area (Å²) in [4.78, 5) is 10.3. The van der Waals surface area contributed by atoms with Gasteiger partial charge in [0.15, 0.2) is 12.4 Å². The van der Waals surface area contributed by atoms with Crippen molar-refractivity contribution in [2.75, 3.05) is 7.11 Å². The van der Waals surface area contributed by atoms with Crippen molar-refractivity contribution in [3.8, 4) is 0 Å². The molecule has 0 aliphatic carbocycles. The molecule has 2 unspecified atom stereocenters. The zero-order valence-corrected chi connectivity index (χ0v) is 5.74. The summed E-state index contributed by atoms with van der Waals surface area (Å²) in [5.41, 5.74) is 0. The van der Waals surface area contributed by atoms with Gasteiger partial charge in [-0.05, 0) is 6.42 Å². The number of ether oxygens (including phenoxy) is 2. The van der Waals surface area contributed by atoms with E-state index in [1.165, 1.54) is 7.11 Å².